The first-order valence-electron chi connectivity index (χ1n) is 4.47. The molecule has 0 aliphatic carbocycles. The van der Waals surface area contributed by atoms with Crippen LogP contribution in [-0.2, 0) is 13.6 Å². The van der Waals surface area contributed by atoms with E-state index in [2.05, 4.69) is 38.5 Å². The van der Waals surface area contributed by atoms with Crippen molar-refractivity contribution in [1.29, 1.82) is 0 Å². The van der Waals surface area contributed by atoms with Gasteiger partial charge in [-0.3, -0.25) is 4.68 Å². The molecule has 0 atom stereocenters. The third-order valence-corrected chi connectivity index (χ3v) is 2.83. The minimum absolute atomic E-state index is 0.878. The summed E-state index contributed by atoms with van der Waals surface area (Å²) in [5, 5.41) is 8.53. The van der Waals surface area contributed by atoms with Crippen LogP contribution in [0.25, 0.3) is 10.9 Å². The Balaban J connectivity index is 2.62. The van der Waals surface area contributed by atoms with Crippen molar-refractivity contribution >= 4 is 26.8 Å². The van der Waals surface area contributed by atoms with E-state index >= 15 is 0 Å². The van der Waals surface area contributed by atoms with Gasteiger partial charge < -0.3 is 5.32 Å². The lowest BCUT2D eigenvalue weighted by molar-refractivity contribution is 0.794. The van der Waals surface area contributed by atoms with Crippen LogP contribution in [0, 0.1) is 0 Å². The van der Waals surface area contributed by atoms with E-state index in [1.54, 1.807) is 0 Å². The fourth-order valence-electron chi connectivity index (χ4n) is 1.63. The molecule has 3 nitrogen and oxygen atoms in total. The Morgan fingerprint density at radius 1 is 1.50 bits per heavy atom. The van der Waals surface area contributed by atoms with Gasteiger partial charge in [0.15, 0.2) is 0 Å². The maximum atomic E-state index is 4.22. The van der Waals surface area contributed by atoms with E-state index in [0.717, 1.165) is 16.5 Å². The number of hydrogen-bond donors (Lipinski definition) is 1. The second-order valence-electron chi connectivity index (χ2n) is 3.31. The lowest BCUT2D eigenvalue weighted by Crippen LogP contribution is -2.04. The van der Waals surface area contributed by atoms with Crippen molar-refractivity contribution < 1.29 is 0 Å². The first-order valence-corrected chi connectivity index (χ1v) is 5.26. The van der Waals surface area contributed by atoms with Crippen LogP contribution < -0.4 is 5.32 Å². The van der Waals surface area contributed by atoms with Gasteiger partial charge in [-0.05, 0) is 40.7 Å². The summed E-state index contributed by atoms with van der Waals surface area (Å²) in [6.45, 7) is 0.878. The van der Waals surface area contributed by atoms with E-state index in [9.17, 15) is 0 Å². The fourth-order valence-corrected chi connectivity index (χ4v) is 2.41. The summed E-state index contributed by atoms with van der Waals surface area (Å²) in [5.74, 6) is 0. The van der Waals surface area contributed by atoms with Gasteiger partial charge in [0.2, 0.25) is 0 Å². The SMILES string of the molecule is CNCc1cc(Br)c2c(cnn2C)c1. The summed E-state index contributed by atoms with van der Waals surface area (Å²) in [4.78, 5) is 0. The van der Waals surface area contributed by atoms with E-state index in [-0.39, 0.29) is 0 Å². The number of nitrogens with zero attached hydrogens (tertiary/aromatic N) is 2. The molecule has 0 aliphatic heterocycles. The van der Waals surface area contributed by atoms with Gasteiger partial charge in [-0.25, -0.2) is 0 Å². The molecule has 1 N–H and O–H groups in total. The van der Waals surface area contributed by atoms with Crippen LogP contribution in [-0.4, -0.2) is 16.8 Å². The lowest BCUT2D eigenvalue weighted by atomic mass is 10.1. The zero-order valence-electron chi connectivity index (χ0n) is 8.21. The molecule has 0 radical (unpaired) electrons. The average Bonchev–Trinajstić information content (AvgIpc) is 2.48. The average molecular weight is 254 g/mol. The first-order chi connectivity index (χ1) is 6.72. The summed E-state index contributed by atoms with van der Waals surface area (Å²) >= 11 is 3.56. The fraction of sp³-hybridized carbons (Fsp3) is 0.300. The van der Waals surface area contributed by atoms with E-state index in [0.29, 0.717) is 0 Å². The lowest BCUT2D eigenvalue weighted by Gasteiger charge is -2.03. The van der Waals surface area contributed by atoms with Crippen molar-refractivity contribution in [2.24, 2.45) is 7.05 Å². The summed E-state index contributed by atoms with van der Waals surface area (Å²) in [6.07, 6.45) is 1.89. The minimum atomic E-state index is 0.878. The third-order valence-electron chi connectivity index (χ3n) is 2.23. The molecule has 0 spiro atoms. The molecule has 2 rings (SSSR count). The quantitative estimate of drug-likeness (QED) is 0.888. The molecule has 0 saturated heterocycles. The molecule has 74 valence electrons. The Bertz CT molecular complexity index is 462. The highest BCUT2D eigenvalue weighted by Crippen LogP contribution is 2.25. The second kappa shape index (κ2) is 3.71. The molecule has 1 aromatic carbocycles. The Hall–Kier alpha value is -0.870. The number of nitrogens with one attached hydrogen (secondary N) is 1. The Morgan fingerprint density at radius 2 is 2.29 bits per heavy atom. The zero-order valence-corrected chi connectivity index (χ0v) is 9.80. The van der Waals surface area contributed by atoms with E-state index < -0.39 is 0 Å². The number of aromatic nitrogens is 2. The van der Waals surface area contributed by atoms with Crippen molar-refractivity contribution in [1.82, 2.24) is 15.1 Å². The van der Waals surface area contributed by atoms with Gasteiger partial charge in [-0.15, -0.1) is 0 Å². The number of halogens is 1. The molecule has 4 heteroatoms. The van der Waals surface area contributed by atoms with Crippen LogP contribution in [0.2, 0.25) is 0 Å². The third kappa shape index (κ3) is 1.55. The van der Waals surface area contributed by atoms with E-state index in [4.69, 9.17) is 0 Å². The molecule has 0 bridgehead atoms. The molecule has 14 heavy (non-hydrogen) atoms. The van der Waals surface area contributed by atoms with E-state index in [1.807, 2.05) is 25.0 Å². The topological polar surface area (TPSA) is 29.9 Å². The maximum Gasteiger partial charge on any atom is 0.0821 e. The molecule has 0 fully saturated rings. The van der Waals surface area contributed by atoms with Crippen LogP contribution in [0.4, 0.5) is 0 Å². The summed E-state index contributed by atoms with van der Waals surface area (Å²) in [7, 11) is 3.90. The standard InChI is InChI=1S/C10H12BrN3/c1-12-5-7-3-8-6-13-14(2)10(8)9(11)4-7/h3-4,6,12H,5H2,1-2H3. The number of benzene rings is 1. The summed E-state index contributed by atoms with van der Waals surface area (Å²) in [5.41, 5.74) is 2.41. The molecular formula is C10H12BrN3. The van der Waals surface area contributed by atoms with Crippen LogP contribution in [0.15, 0.2) is 22.8 Å². The molecule has 0 unspecified atom stereocenters. The van der Waals surface area contributed by atoms with Crippen molar-refractivity contribution in [3.63, 3.8) is 0 Å². The highest BCUT2D eigenvalue weighted by Gasteiger charge is 2.05. The minimum Gasteiger partial charge on any atom is -0.316 e. The monoisotopic (exact) mass is 253 g/mol. The predicted octanol–water partition coefficient (Wildman–Crippen LogP) is 2.06. The van der Waals surface area contributed by atoms with Crippen LogP contribution >= 0.6 is 15.9 Å². The molecule has 0 saturated carbocycles. The Labute approximate surface area is 91.2 Å². The van der Waals surface area contributed by atoms with Gasteiger partial charge in [-0.2, -0.15) is 5.10 Å². The van der Waals surface area contributed by atoms with E-state index in [1.165, 1.54) is 10.9 Å². The van der Waals surface area contributed by atoms with Crippen molar-refractivity contribution in [2.75, 3.05) is 7.05 Å². The highest BCUT2D eigenvalue weighted by atomic mass is 79.9. The second-order valence-corrected chi connectivity index (χ2v) is 4.17. The number of hydrogen-bond acceptors (Lipinski definition) is 2. The summed E-state index contributed by atoms with van der Waals surface area (Å²) < 4.78 is 2.98. The van der Waals surface area contributed by atoms with Gasteiger partial charge in [0.1, 0.15) is 0 Å². The largest absolute Gasteiger partial charge is 0.316 e. The molecule has 1 heterocycles. The number of rotatable bonds is 2. The Kier molecular flexibility index (Phi) is 2.56. The number of aryl methyl sites for hydroxylation is 1. The molecule has 2 aromatic rings. The van der Waals surface area contributed by atoms with Gasteiger partial charge in [0.25, 0.3) is 0 Å². The molecule has 0 amide bonds. The Morgan fingerprint density at radius 3 is 3.00 bits per heavy atom. The summed E-state index contributed by atoms with van der Waals surface area (Å²) in [6, 6.07) is 4.28. The van der Waals surface area contributed by atoms with Gasteiger partial charge in [0.05, 0.1) is 11.7 Å². The van der Waals surface area contributed by atoms with Gasteiger partial charge >= 0.3 is 0 Å². The van der Waals surface area contributed by atoms with Crippen LogP contribution in [0.5, 0.6) is 0 Å². The smallest absolute Gasteiger partial charge is 0.0821 e. The zero-order chi connectivity index (χ0) is 10.1. The molecular weight excluding hydrogens is 242 g/mol. The van der Waals surface area contributed by atoms with Gasteiger partial charge in [0, 0.05) is 23.5 Å². The molecule has 0 aliphatic rings. The van der Waals surface area contributed by atoms with Crippen LogP contribution in [0.1, 0.15) is 5.56 Å². The van der Waals surface area contributed by atoms with Crippen molar-refractivity contribution in [2.45, 2.75) is 6.54 Å². The predicted molar refractivity (Wildman–Crippen MR) is 61.2 cm³/mol. The normalized spacial score (nSPS) is 11.1. The molecule has 1 aromatic heterocycles. The van der Waals surface area contributed by atoms with Gasteiger partial charge in [-0.1, -0.05) is 0 Å². The maximum absolute atomic E-state index is 4.22. The van der Waals surface area contributed by atoms with Crippen LogP contribution in [0.3, 0.4) is 0 Å². The van der Waals surface area contributed by atoms with Crippen molar-refractivity contribution in [3.05, 3.63) is 28.4 Å². The number of fused-ring (bicyclic) bond motifs is 1. The van der Waals surface area contributed by atoms with Crippen molar-refractivity contribution in [3.8, 4) is 0 Å². The highest BCUT2D eigenvalue weighted by molar-refractivity contribution is 9.10. The first kappa shape index (κ1) is 9.68.